The second-order valence-electron chi connectivity index (χ2n) is 7.30. The summed E-state index contributed by atoms with van der Waals surface area (Å²) in [5.74, 6) is 0.279. The summed E-state index contributed by atoms with van der Waals surface area (Å²) in [6.45, 7) is 2.64. The second kappa shape index (κ2) is 9.68. The summed E-state index contributed by atoms with van der Waals surface area (Å²) in [6, 6.07) is 13.2. The number of ketones is 1. The van der Waals surface area contributed by atoms with Gasteiger partial charge in [0.15, 0.2) is 5.78 Å². The van der Waals surface area contributed by atoms with Crippen molar-refractivity contribution < 1.29 is 14.3 Å². The van der Waals surface area contributed by atoms with Crippen LogP contribution in [0.2, 0.25) is 0 Å². The Labute approximate surface area is 187 Å². The highest BCUT2D eigenvalue weighted by Crippen LogP contribution is 2.27. The molecule has 0 bridgehead atoms. The molecule has 2 aromatic carbocycles. The summed E-state index contributed by atoms with van der Waals surface area (Å²) >= 11 is 4.74. The van der Waals surface area contributed by atoms with Gasteiger partial charge in [-0.05, 0) is 55.7 Å². The van der Waals surface area contributed by atoms with Crippen LogP contribution in [0.5, 0.6) is 0 Å². The molecule has 0 saturated carbocycles. The summed E-state index contributed by atoms with van der Waals surface area (Å²) in [5.41, 5.74) is 1.49. The largest absolute Gasteiger partial charge is 0.448 e. The first-order chi connectivity index (χ1) is 14.6. The normalized spacial score (nSPS) is 15.2. The third-order valence-corrected chi connectivity index (χ3v) is 6.72. The maximum absolute atomic E-state index is 12.7. The van der Waals surface area contributed by atoms with Gasteiger partial charge in [0.05, 0.1) is 10.4 Å². The van der Waals surface area contributed by atoms with Gasteiger partial charge in [0.1, 0.15) is 6.61 Å². The van der Waals surface area contributed by atoms with E-state index < -0.39 is 6.09 Å². The van der Waals surface area contributed by atoms with Crippen LogP contribution in [-0.2, 0) is 4.74 Å². The molecule has 2 heterocycles. The predicted octanol–water partition coefficient (Wildman–Crippen LogP) is 5.20. The zero-order chi connectivity index (χ0) is 20.9. The first-order valence-electron chi connectivity index (χ1n) is 9.89. The molecule has 0 aliphatic carbocycles. The van der Waals surface area contributed by atoms with Crippen molar-refractivity contribution >= 4 is 55.1 Å². The minimum atomic E-state index is -0.462. The Morgan fingerprint density at radius 3 is 2.70 bits per heavy atom. The Kier molecular flexibility index (Phi) is 6.76. The lowest BCUT2D eigenvalue weighted by Gasteiger charge is -2.31. The number of carbonyl (C=O) groups is 2. The molecule has 0 atom stereocenters. The van der Waals surface area contributed by atoms with Crippen LogP contribution in [0, 0.1) is 5.92 Å². The van der Waals surface area contributed by atoms with Crippen molar-refractivity contribution in [1.82, 2.24) is 9.27 Å². The lowest BCUT2D eigenvalue weighted by molar-refractivity contribution is 0.0813. The number of hydrogen-bond donors (Lipinski definition) is 1. The maximum Gasteiger partial charge on any atom is 0.411 e. The Bertz CT molecular complexity index is 1030. The van der Waals surface area contributed by atoms with Crippen LogP contribution in [0.15, 0.2) is 53.1 Å². The van der Waals surface area contributed by atoms with Crippen LogP contribution in [0.25, 0.3) is 10.1 Å². The number of carbonyl (C=O) groups excluding carboxylic acids is 2. The first kappa shape index (κ1) is 21.0. The molecule has 1 amide bonds. The molecule has 0 radical (unpaired) electrons. The van der Waals surface area contributed by atoms with Gasteiger partial charge in [-0.3, -0.25) is 15.0 Å². The molecule has 3 aromatic rings. The van der Waals surface area contributed by atoms with Crippen molar-refractivity contribution in [2.75, 3.05) is 31.6 Å². The molecule has 30 heavy (non-hydrogen) atoms. The van der Waals surface area contributed by atoms with E-state index in [0.29, 0.717) is 18.8 Å². The Morgan fingerprint density at radius 2 is 1.93 bits per heavy atom. The average Bonchev–Trinajstić information content (AvgIpc) is 3.24. The fourth-order valence-electron chi connectivity index (χ4n) is 3.67. The first-order valence-corrected chi connectivity index (χ1v) is 11.5. The Balaban J connectivity index is 1.19. The van der Waals surface area contributed by atoms with Crippen molar-refractivity contribution in [3.8, 4) is 0 Å². The Morgan fingerprint density at radius 1 is 1.17 bits per heavy atom. The molecule has 0 unspecified atom stereocenters. The Hall–Kier alpha value is -2.29. The number of piperidine rings is 1. The van der Waals surface area contributed by atoms with Crippen molar-refractivity contribution in [2.45, 2.75) is 12.8 Å². The van der Waals surface area contributed by atoms with E-state index in [1.807, 2.05) is 42.5 Å². The number of anilines is 1. The third-order valence-electron chi connectivity index (χ3n) is 5.35. The molecule has 4 rings (SSSR count). The number of nitrogens with one attached hydrogen (secondary N) is 1. The standard InChI is InChI=1S/C22H22BrN3O3S/c23-18-6-4-15(5-7-18)20(27)16-8-10-26(11-9-16)12-13-29-22(28)25-19-3-1-2-17-14-24-30-21(17)19/h1-7,14,16H,8-13H2,(H,25,28). The maximum atomic E-state index is 12.7. The summed E-state index contributed by atoms with van der Waals surface area (Å²) in [7, 11) is 0. The SMILES string of the molecule is O=C(Nc1cccc2cnsc12)OCCN1CCC(C(=O)c2ccc(Br)cc2)CC1. The van der Waals surface area contributed by atoms with E-state index in [9.17, 15) is 9.59 Å². The fraction of sp³-hybridized carbons (Fsp3) is 0.318. The van der Waals surface area contributed by atoms with Crippen LogP contribution in [0.1, 0.15) is 23.2 Å². The fourth-order valence-corrected chi connectivity index (χ4v) is 4.65. The second-order valence-corrected chi connectivity index (χ2v) is 9.02. The summed E-state index contributed by atoms with van der Waals surface area (Å²) in [6.07, 6.45) is 2.97. The lowest BCUT2D eigenvalue weighted by atomic mass is 9.89. The van der Waals surface area contributed by atoms with E-state index in [1.165, 1.54) is 11.5 Å². The number of Topliss-reactive ketones (excluding diaryl/α,β-unsaturated/α-hetero) is 1. The molecule has 1 N–H and O–H groups in total. The number of halogens is 1. The number of likely N-dealkylation sites (tertiary alicyclic amines) is 1. The molecular weight excluding hydrogens is 466 g/mol. The van der Waals surface area contributed by atoms with E-state index >= 15 is 0 Å². The predicted molar refractivity (Wildman–Crippen MR) is 122 cm³/mol. The van der Waals surface area contributed by atoms with Gasteiger partial charge >= 0.3 is 6.09 Å². The number of aromatic nitrogens is 1. The highest BCUT2D eigenvalue weighted by atomic mass is 79.9. The van der Waals surface area contributed by atoms with Crippen LogP contribution in [0.3, 0.4) is 0 Å². The third kappa shape index (κ3) is 5.06. The number of benzene rings is 2. The van der Waals surface area contributed by atoms with Crippen molar-refractivity contribution in [3.05, 3.63) is 58.7 Å². The topological polar surface area (TPSA) is 71.5 Å². The molecule has 8 heteroatoms. The zero-order valence-corrected chi connectivity index (χ0v) is 18.7. The minimum Gasteiger partial charge on any atom is -0.448 e. The molecule has 1 aliphatic heterocycles. The van der Waals surface area contributed by atoms with Gasteiger partial charge in [0, 0.05) is 34.1 Å². The summed E-state index contributed by atoms with van der Waals surface area (Å²) < 4.78 is 11.4. The minimum absolute atomic E-state index is 0.0616. The molecule has 6 nitrogen and oxygen atoms in total. The number of ether oxygens (including phenoxy) is 1. The van der Waals surface area contributed by atoms with Crippen LogP contribution >= 0.6 is 27.5 Å². The summed E-state index contributed by atoms with van der Waals surface area (Å²) in [4.78, 5) is 27.0. The number of rotatable bonds is 6. The monoisotopic (exact) mass is 487 g/mol. The molecule has 1 fully saturated rings. The van der Waals surface area contributed by atoms with E-state index in [2.05, 4.69) is 30.5 Å². The van der Waals surface area contributed by atoms with Gasteiger partial charge < -0.3 is 4.74 Å². The number of fused-ring (bicyclic) bond motifs is 1. The van der Waals surface area contributed by atoms with Gasteiger partial charge in [-0.15, -0.1) is 0 Å². The quantitative estimate of drug-likeness (QED) is 0.483. The van der Waals surface area contributed by atoms with Crippen LogP contribution in [0.4, 0.5) is 10.5 Å². The molecule has 1 saturated heterocycles. The average molecular weight is 488 g/mol. The van der Waals surface area contributed by atoms with Crippen LogP contribution < -0.4 is 5.32 Å². The molecule has 1 aromatic heterocycles. The van der Waals surface area contributed by atoms with E-state index in [4.69, 9.17) is 4.74 Å². The molecule has 156 valence electrons. The van der Waals surface area contributed by atoms with Crippen molar-refractivity contribution in [2.24, 2.45) is 5.92 Å². The van der Waals surface area contributed by atoms with Gasteiger partial charge in [-0.2, -0.15) is 4.37 Å². The van der Waals surface area contributed by atoms with Gasteiger partial charge in [0.2, 0.25) is 0 Å². The highest BCUT2D eigenvalue weighted by molar-refractivity contribution is 9.10. The highest BCUT2D eigenvalue weighted by Gasteiger charge is 2.25. The molecule has 1 aliphatic rings. The van der Waals surface area contributed by atoms with E-state index in [0.717, 1.165) is 46.1 Å². The van der Waals surface area contributed by atoms with Crippen LogP contribution in [-0.4, -0.2) is 47.4 Å². The molecular formula is C22H22BrN3O3S. The van der Waals surface area contributed by atoms with Crippen molar-refractivity contribution in [1.29, 1.82) is 0 Å². The zero-order valence-electron chi connectivity index (χ0n) is 16.3. The number of nitrogens with zero attached hydrogens (tertiary/aromatic N) is 2. The van der Waals surface area contributed by atoms with E-state index in [-0.39, 0.29) is 11.7 Å². The molecule has 0 spiro atoms. The van der Waals surface area contributed by atoms with E-state index in [1.54, 1.807) is 6.20 Å². The van der Waals surface area contributed by atoms with Gasteiger partial charge in [0.25, 0.3) is 0 Å². The summed E-state index contributed by atoms with van der Waals surface area (Å²) in [5, 5.41) is 3.79. The smallest absolute Gasteiger partial charge is 0.411 e. The number of amides is 1. The van der Waals surface area contributed by atoms with Gasteiger partial charge in [-0.25, -0.2) is 4.79 Å². The van der Waals surface area contributed by atoms with Crippen molar-refractivity contribution in [3.63, 3.8) is 0 Å². The number of hydrogen-bond acceptors (Lipinski definition) is 6. The lowest BCUT2D eigenvalue weighted by Crippen LogP contribution is -2.38. The van der Waals surface area contributed by atoms with Gasteiger partial charge in [-0.1, -0.05) is 40.2 Å².